The van der Waals surface area contributed by atoms with E-state index in [0.29, 0.717) is 5.13 Å². The number of nitrogens with two attached hydrogens (primary N) is 1. The molecular formula is C15H16N2S3. The first-order valence-electron chi connectivity index (χ1n) is 6.37. The largest absolute Gasteiger partial charge is 0.375 e. The number of thiazole rings is 1. The van der Waals surface area contributed by atoms with Gasteiger partial charge in [-0.1, -0.05) is 11.3 Å². The van der Waals surface area contributed by atoms with E-state index in [1.807, 2.05) is 22.7 Å². The normalized spacial score (nSPS) is 11.2. The molecule has 0 atom stereocenters. The van der Waals surface area contributed by atoms with Crippen LogP contribution in [0.15, 0.2) is 12.1 Å². The molecule has 3 rings (SSSR count). The van der Waals surface area contributed by atoms with Gasteiger partial charge < -0.3 is 5.73 Å². The van der Waals surface area contributed by atoms with E-state index < -0.39 is 0 Å². The number of nitrogen functional groups attached to an aromatic ring is 1. The van der Waals surface area contributed by atoms with Crippen LogP contribution in [0.3, 0.4) is 0 Å². The van der Waals surface area contributed by atoms with Crippen LogP contribution in [0.1, 0.15) is 19.5 Å². The first-order chi connectivity index (χ1) is 9.45. The van der Waals surface area contributed by atoms with Crippen molar-refractivity contribution in [2.45, 2.75) is 27.7 Å². The molecule has 0 amide bonds. The Hall–Kier alpha value is -1.17. The maximum atomic E-state index is 5.98. The molecule has 0 bridgehead atoms. The molecule has 2 nitrogen and oxygen atoms in total. The van der Waals surface area contributed by atoms with Crippen molar-refractivity contribution in [3.8, 4) is 21.7 Å². The summed E-state index contributed by atoms with van der Waals surface area (Å²) in [7, 11) is 0. The zero-order valence-corrected chi connectivity index (χ0v) is 14.4. The van der Waals surface area contributed by atoms with Crippen LogP contribution < -0.4 is 5.73 Å². The number of hydrogen-bond donors (Lipinski definition) is 1. The predicted molar refractivity (Wildman–Crippen MR) is 92.1 cm³/mol. The van der Waals surface area contributed by atoms with E-state index in [1.54, 1.807) is 11.3 Å². The molecule has 0 saturated carbocycles. The maximum absolute atomic E-state index is 5.98. The van der Waals surface area contributed by atoms with Crippen molar-refractivity contribution in [1.82, 2.24) is 4.98 Å². The standard InChI is InChI=1S/C15H16N2S3/c1-7-5-11(9(3)18-7)13-14(20-15(16)17-13)12-6-8(2)19-10(12)4/h5-6H,1-4H3,(H2,16,17). The van der Waals surface area contributed by atoms with Gasteiger partial charge in [-0.2, -0.15) is 0 Å². The Bertz CT molecular complexity index is 713. The summed E-state index contributed by atoms with van der Waals surface area (Å²) < 4.78 is 0. The molecular weight excluding hydrogens is 304 g/mol. The van der Waals surface area contributed by atoms with Crippen LogP contribution in [-0.4, -0.2) is 4.98 Å². The average Bonchev–Trinajstić information content (AvgIpc) is 2.97. The van der Waals surface area contributed by atoms with Crippen LogP contribution in [0.5, 0.6) is 0 Å². The molecule has 3 aromatic rings. The molecule has 0 spiro atoms. The lowest BCUT2D eigenvalue weighted by Crippen LogP contribution is -1.84. The zero-order chi connectivity index (χ0) is 14.4. The summed E-state index contributed by atoms with van der Waals surface area (Å²) in [5.74, 6) is 0. The molecule has 3 heterocycles. The van der Waals surface area contributed by atoms with Crippen LogP contribution in [-0.2, 0) is 0 Å². The van der Waals surface area contributed by atoms with E-state index in [0.717, 1.165) is 5.69 Å². The Labute approximate surface area is 130 Å². The molecule has 0 aliphatic carbocycles. The number of thiophene rings is 2. The van der Waals surface area contributed by atoms with Gasteiger partial charge in [0.05, 0.1) is 10.6 Å². The van der Waals surface area contributed by atoms with Gasteiger partial charge in [0.1, 0.15) is 0 Å². The van der Waals surface area contributed by atoms with E-state index >= 15 is 0 Å². The van der Waals surface area contributed by atoms with E-state index in [1.165, 1.54) is 35.5 Å². The van der Waals surface area contributed by atoms with Crippen LogP contribution in [0.25, 0.3) is 21.7 Å². The predicted octanol–water partition coefficient (Wildman–Crippen LogP) is 5.42. The summed E-state index contributed by atoms with van der Waals surface area (Å²) >= 11 is 5.23. The Balaban J connectivity index is 2.23. The summed E-state index contributed by atoms with van der Waals surface area (Å²) in [5.41, 5.74) is 9.52. The van der Waals surface area contributed by atoms with Crippen molar-refractivity contribution < 1.29 is 0 Å². The fourth-order valence-corrected chi connectivity index (χ4v) is 5.26. The first kappa shape index (κ1) is 13.8. The highest BCUT2D eigenvalue weighted by molar-refractivity contribution is 7.20. The van der Waals surface area contributed by atoms with E-state index in [2.05, 4.69) is 44.8 Å². The lowest BCUT2D eigenvalue weighted by Gasteiger charge is -2.01. The Morgan fingerprint density at radius 1 is 0.850 bits per heavy atom. The lowest BCUT2D eigenvalue weighted by molar-refractivity contribution is 1.40. The topological polar surface area (TPSA) is 38.9 Å². The quantitative estimate of drug-likeness (QED) is 0.685. The van der Waals surface area contributed by atoms with Gasteiger partial charge >= 0.3 is 0 Å². The average molecular weight is 321 g/mol. The van der Waals surface area contributed by atoms with Gasteiger partial charge in [-0.15, -0.1) is 22.7 Å². The molecule has 20 heavy (non-hydrogen) atoms. The van der Waals surface area contributed by atoms with Gasteiger partial charge in [0.25, 0.3) is 0 Å². The van der Waals surface area contributed by atoms with Crippen molar-refractivity contribution >= 4 is 39.1 Å². The summed E-state index contributed by atoms with van der Waals surface area (Å²) in [6, 6.07) is 4.46. The van der Waals surface area contributed by atoms with Crippen molar-refractivity contribution in [2.24, 2.45) is 0 Å². The second kappa shape index (κ2) is 4.98. The van der Waals surface area contributed by atoms with Crippen molar-refractivity contribution in [1.29, 1.82) is 0 Å². The van der Waals surface area contributed by atoms with Gasteiger partial charge in [0, 0.05) is 30.6 Å². The van der Waals surface area contributed by atoms with E-state index in [4.69, 9.17) is 5.73 Å². The minimum Gasteiger partial charge on any atom is -0.375 e. The molecule has 3 aromatic heterocycles. The highest BCUT2D eigenvalue weighted by Crippen LogP contribution is 2.43. The Morgan fingerprint density at radius 3 is 1.90 bits per heavy atom. The monoisotopic (exact) mass is 320 g/mol. The van der Waals surface area contributed by atoms with Gasteiger partial charge in [-0.05, 0) is 39.8 Å². The third-order valence-corrected chi connectivity index (χ3v) is 6.08. The number of anilines is 1. The Morgan fingerprint density at radius 2 is 1.40 bits per heavy atom. The number of rotatable bonds is 2. The van der Waals surface area contributed by atoms with Crippen molar-refractivity contribution in [3.05, 3.63) is 31.6 Å². The third kappa shape index (κ3) is 2.30. The molecule has 2 N–H and O–H groups in total. The van der Waals surface area contributed by atoms with Crippen LogP contribution in [0.2, 0.25) is 0 Å². The second-order valence-electron chi connectivity index (χ2n) is 4.88. The van der Waals surface area contributed by atoms with Gasteiger partial charge in [0.2, 0.25) is 0 Å². The molecule has 0 aliphatic rings. The van der Waals surface area contributed by atoms with Crippen molar-refractivity contribution in [2.75, 3.05) is 5.73 Å². The number of hydrogen-bond acceptors (Lipinski definition) is 5. The summed E-state index contributed by atoms with van der Waals surface area (Å²) in [5, 5.41) is 0.640. The minimum atomic E-state index is 0.640. The highest BCUT2D eigenvalue weighted by atomic mass is 32.1. The molecule has 5 heteroatoms. The van der Waals surface area contributed by atoms with Crippen LogP contribution in [0.4, 0.5) is 5.13 Å². The molecule has 104 valence electrons. The molecule has 0 saturated heterocycles. The number of aromatic nitrogens is 1. The van der Waals surface area contributed by atoms with Gasteiger partial charge in [-0.3, -0.25) is 0 Å². The lowest BCUT2D eigenvalue weighted by atomic mass is 10.1. The second-order valence-corrected chi connectivity index (χ2v) is 8.84. The van der Waals surface area contributed by atoms with E-state index in [-0.39, 0.29) is 0 Å². The first-order valence-corrected chi connectivity index (χ1v) is 8.81. The SMILES string of the molecule is Cc1cc(-c2nc(N)sc2-c2cc(C)sc2C)c(C)s1. The molecule has 0 aromatic carbocycles. The zero-order valence-electron chi connectivity index (χ0n) is 11.9. The molecule has 0 radical (unpaired) electrons. The van der Waals surface area contributed by atoms with Crippen LogP contribution in [0, 0.1) is 27.7 Å². The Kier molecular flexibility index (Phi) is 3.44. The fraction of sp³-hybridized carbons (Fsp3) is 0.267. The van der Waals surface area contributed by atoms with Gasteiger partial charge in [-0.25, -0.2) is 4.98 Å². The number of nitrogens with zero attached hydrogens (tertiary/aromatic N) is 1. The maximum Gasteiger partial charge on any atom is 0.181 e. The van der Waals surface area contributed by atoms with E-state index in [9.17, 15) is 0 Å². The molecule has 0 fully saturated rings. The smallest absolute Gasteiger partial charge is 0.181 e. The third-order valence-electron chi connectivity index (χ3n) is 3.23. The minimum absolute atomic E-state index is 0.640. The summed E-state index contributed by atoms with van der Waals surface area (Å²) in [6.07, 6.45) is 0. The molecule has 0 unspecified atom stereocenters. The fourth-order valence-electron chi connectivity index (χ4n) is 2.42. The number of aryl methyl sites for hydroxylation is 4. The van der Waals surface area contributed by atoms with Gasteiger partial charge in [0.15, 0.2) is 5.13 Å². The summed E-state index contributed by atoms with van der Waals surface area (Å²) in [6.45, 7) is 8.60. The highest BCUT2D eigenvalue weighted by Gasteiger charge is 2.19. The molecule has 0 aliphatic heterocycles. The summed E-state index contributed by atoms with van der Waals surface area (Å²) in [4.78, 5) is 11.1. The van der Waals surface area contributed by atoms with Crippen LogP contribution >= 0.6 is 34.0 Å². The van der Waals surface area contributed by atoms with Crippen molar-refractivity contribution in [3.63, 3.8) is 0 Å².